The van der Waals surface area contributed by atoms with Gasteiger partial charge in [-0.25, -0.2) is 19.2 Å². The second-order valence-corrected chi connectivity index (χ2v) is 9.22. The fourth-order valence-electron chi connectivity index (χ4n) is 4.66. The standard InChI is InChI=1S/C26H30FN7O3/c1-5-20(17-12-15(2)6-7-19(17)27)31-26(37)34-22(24(36)33(4)25-30-10-11-32(25)3)18(23(34)35)13-16-8-9-29-21(28)14-16/h6-12,14,18,20,22H,5,13H2,1-4H3,(H2,28,29)(H,31,37)/t18-,20?,22+/m1/s1. The lowest BCUT2D eigenvalue weighted by atomic mass is 9.81. The zero-order valence-electron chi connectivity index (χ0n) is 21.2. The van der Waals surface area contributed by atoms with Crippen LogP contribution in [0.4, 0.5) is 21.0 Å². The first-order chi connectivity index (χ1) is 17.6. The average molecular weight is 508 g/mol. The van der Waals surface area contributed by atoms with Crippen LogP contribution in [0.25, 0.3) is 0 Å². The number of halogens is 1. The van der Waals surface area contributed by atoms with Crippen LogP contribution in [-0.4, -0.2) is 50.4 Å². The van der Waals surface area contributed by atoms with Crippen molar-refractivity contribution >= 4 is 29.6 Å². The first-order valence-electron chi connectivity index (χ1n) is 12.0. The van der Waals surface area contributed by atoms with E-state index in [4.69, 9.17) is 5.73 Å². The summed E-state index contributed by atoms with van der Waals surface area (Å²) in [7, 11) is 3.28. The number of nitrogens with zero attached hydrogens (tertiary/aromatic N) is 5. The number of rotatable bonds is 7. The summed E-state index contributed by atoms with van der Waals surface area (Å²) in [4.78, 5) is 50.7. The Morgan fingerprint density at radius 1 is 1.22 bits per heavy atom. The number of nitrogen functional groups attached to an aromatic ring is 1. The summed E-state index contributed by atoms with van der Waals surface area (Å²) in [5, 5.41) is 2.75. The second kappa shape index (κ2) is 10.4. The number of aromatic nitrogens is 3. The highest BCUT2D eigenvalue weighted by Gasteiger charge is 2.55. The maximum atomic E-state index is 14.6. The van der Waals surface area contributed by atoms with Crippen LogP contribution in [0, 0.1) is 18.7 Å². The lowest BCUT2D eigenvalue weighted by Crippen LogP contribution is -2.70. The highest BCUT2D eigenvalue weighted by atomic mass is 19.1. The molecule has 1 saturated heterocycles. The van der Waals surface area contributed by atoms with Gasteiger partial charge in [0.2, 0.25) is 11.9 Å². The van der Waals surface area contributed by atoms with Crippen LogP contribution >= 0.6 is 0 Å². The Morgan fingerprint density at radius 3 is 2.62 bits per heavy atom. The van der Waals surface area contributed by atoms with Crippen LogP contribution in [0.5, 0.6) is 0 Å². The third-order valence-corrected chi connectivity index (χ3v) is 6.65. The van der Waals surface area contributed by atoms with E-state index < -0.39 is 41.7 Å². The maximum Gasteiger partial charge on any atom is 0.325 e. The molecule has 3 aromatic rings. The van der Waals surface area contributed by atoms with E-state index in [2.05, 4.69) is 15.3 Å². The molecule has 3 atom stereocenters. The topological polar surface area (TPSA) is 126 Å². The quantitative estimate of drug-likeness (QED) is 0.474. The normalized spacial score (nSPS) is 17.8. The van der Waals surface area contributed by atoms with Crippen molar-refractivity contribution in [3.05, 3.63) is 71.4 Å². The molecule has 4 amide bonds. The number of likely N-dealkylation sites (tertiary alicyclic amines) is 1. The first kappa shape index (κ1) is 25.8. The van der Waals surface area contributed by atoms with Crippen molar-refractivity contribution in [2.24, 2.45) is 13.0 Å². The van der Waals surface area contributed by atoms with Gasteiger partial charge in [-0.15, -0.1) is 0 Å². The van der Waals surface area contributed by atoms with Crippen LogP contribution in [0.2, 0.25) is 0 Å². The molecule has 37 heavy (non-hydrogen) atoms. The van der Waals surface area contributed by atoms with Crippen LogP contribution in [-0.2, 0) is 23.1 Å². The number of carbonyl (C=O) groups is 3. The molecule has 194 valence electrons. The van der Waals surface area contributed by atoms with E-state index in [0.717, 1.165) is 16.0 Å². The number of benzene rings is 1. The molecule has 1 aliphatic rings. The van der Waals surface area contributed by atoms with Crippen molar-refractivity contribution < 1.29 is 18.8 Å². The van der Waals surface area contributed by atoms with Gasteiger partial charge < -0.3 is 15.6 Å². The maximum absolute atomic E-state index is 14.6. The number of pyridine rings is 1. The van der Waals surface area contributed by atoms with Crippen LogP contribution in [0.15, 0.2) is 48.9 Å². The summed E-state index contributed by atoms with van der Waals surface area (Å²) >= 11 is 0. The summed E-state index contributed by atoms with van der Waals surface area (Å²) in [6.45, 7) is 3.63. The van der Waals surface area contributed by atoms with Crippen LogP contribution in [0.3, 0.4) is 0 Å². The zero-order chi connectivity index (χ0) is 26.9. The Morgan fingerprint density at radius 2 is 1.97 bits per heavy atom. The van der Waals surface area contributed by atoms with E-state index in [1.165, 1.54) is 17.2 Å². The second-order valence-electron chi connectivity index (χ2n) is 9.22. The molecule has 1 aromatic carbocycles. The number of likely N-dealkylation sites (N-methyl/N-ethyl adjacent to an activating group) is 1. The lowest BCUT2D eigenvalue weighted by Gasteiger charge is -2.45. The van der Waals surface area contributed by atoms with Gasteiger partial charge in [-0.2, -0.15) is 0 Å². The summed E-state index contributed by atoms with van der Waals surface area (Å²) in [6, 6.07) is 5.48. The number of aryl methyl sites for hydroxylation is 2. The Bertz CT molecular complexity index is 1340. The number of imide groups is 1. The zero-order valence-corrected chi connectivity index (χ0v) is 21.2. The van der Waals surface area contributed by atoms with Gasteiger partial charge in [0.15, 0.2) is 0 Å². The number of nitrogens with one attached hydrogen (secondary N) is 1. The fraction of sp³-hybridized carbons (Fsp3) is 0.346. The van der Waals surface area contributed by atoms with Gasteiger partial charge in [-0.05, 0) is 43.5 Å². The molecule has 0 aliphatic carbocycles. The fourth-order valence-corrected chi connectivity index (χ4v) is 4.66. The van der Waals surface area contributed by atoms with E-state index in [0.29, 0.717) is 17.9 Å². The van der Waals surface area contributed by atoms with Crippen molar-refractivity contribution in [2.45, 2.75) is 38.8 Å². The van der Waals surface area contributed by atoms with Gasteiger partial charge in [-0.3, -0.25) is 19.4 Å². The van der Waals surface area contributed by atoms with E-state index in [1.807, 2.05) is 6.92 Å². The van der Waals surface area contributed by atoms with Crippen molar-refractivity contribution in [3.8, 4) is 0 Å². The molecule has 1 aliphatic heterocycles. The van der Waals surface area contributed by atoms with Crippen LogP contribution < -0.4 is 16.0 Å². The number of β-lactam (4-membered cyclic amide) rings is 1. The minimum Gasteiger partial charge on any atom is -0.384 e. The summed E-state index contributed by atoms with van der Waals surface area (Å²) in [5.41, 5.74) is 7.67. The number of anilines is 2. The number of amides is 4. The molecule has 0 saturated carbocycles. The highest BCUT2D eigenvalue weighted by molar-refractivity contribution is 6.12. The molecular formula is C26H30FN7O3. The largest absolute Gasteiger partial charge is 0.384 e. The molecule has 1 fully saturated rings. The number of imidazole rings is 1. The smallest absolute Gasteiger partial charge is 0.325 e. The predicted octanol–water partition coefficient (Wildman–Crippen LogP) is 2.74. The Balaban J connectivity index is 1.62. The number of urea groups is 1. The molecule has 10 nitrogen and oxygen atoms in total. The van der Waals surface area contributed by atoms with Gasteiger partial charge in [0.05, 0.1) is 12.0 Å². The summed E-state index contributed by atoms with van der Waals surface area (Å²) in [6.07, 6.45) is 5.35. The molecule has 0 spiro atoms. The molecule has 3 N–H and O–H groups in total. The minimum absolute atomic E-state index is 0.198. The Hall–Kier alpha value is -4.28. The SMILES string of the molecule is CCC(NC(=O)N1C(=O)[C@H](Cc2ccnc(N)c2)[C@H]1C(=O)N(C)c1nccn1C)c1cc(C)ccc1F. The first-order valence-corrected chi connectivity index (χ1v) is 12.0. The molecule has 3 heterocycles. The van der Waals surface area contributed by atoms with E-state index in [-0.39, 0.29) is 12.2 Å². The molecule has 0 radical (unpaired) electrons. The van der Waals surface area contributed by atoms with Gasteiger partial charge >= 0.3 is 6.03 Å². The Labute approximate surface area is 214 Å². The minimum atomic E-state index is -1.08. The highest BCUT2D eigenvalue weighted by Crippen LogP contribution is 2.33. The van der Waals surface area contributed by atoms with E-state index >= 15 is 0 Å². The lowest BCUT2D eigenvalue weighted by molar-refractivity contribution is -0.156. The molecule has 0 bridgehead atoms. The molecule has 2 aromatic heterocycles. The van der Waals surface area contributed by atoms with E-state index in [9.17, 15) is 18.8 Å². The van der Waals surface area contributed by atoms with Crippen molar-refractivity contribution in [1.82, 2.24) is 24.8 Å². The number of carbonyl (C=O) groups excluding carboxylic acids is 3. The third-order valence-electron chi connectivity index (χ3n) is 6.65. The summed E-state index contributed by atoms with van der Waals surface area (Å²) in [5.74, 6) is -1.56. The summed E-state index contributed by atoms with van der Waals surface area (Å²) < 4.78 is 16.2. The average Bonchev–Trinajstić information content (AvgIpc) is 3.30. The van der Waals surface area contributed by atoms with Gasteiger partial charge in [0.25, 0.3) is 5.91 Å². The van der Waals surface area contributed by atoms with E-state index in [1.54, 1.807) is 62.2 Å². The predicted molar refractivity (Wildman–Crippen MR) is 136 cm³/mol. The number of hydrogen-bond acceptors (Lipinski definition) is 6. The molecular weight excluding hydrogens is 477 g/mol. The van der Waals surface area contributed by atoms with Crippen molar-refractivity contribution in [3.63, 3.8) is 0 Å². The molecule has 1 unspecified atom stereocenters. The Kier molecular flexibility index (Phi) is 7.23. The number of hydrogen-bond donors (Lipinski definition) is 2. The van der Waals surface area contributed by atoms with Gasteiger partial charge in [0, 0.05) is 38.2 Å². The third kappa shape index (κ3) is 5.02. The van der Waals surface area contributed by atoms with Crippen LogP contribution in [0.1, 0.15) is 36.1 Å². The molecule has 4 rings (SSSR count). The monoisotopic (exact) mass is 507 g/mol. The number of nitrogens with two attached hydrogens (primary N) is 1. The van der Waals surface area contributed by atoms with Crippen molar-refractivity contribution in [1.29, 1.82) is 0 Å². The van der Waals surface area contributed by atoms with Gasteiger partial charge in [-0.1, -0.05) is 24.6 Å². The van der Waals surface area contributed by atoms with Crippen molar-refractivity contribution in [2.75, 3.05) is 17.7 Å². The van der Waals surface area contributed by atoms with Gasteiger partial charge in [0.1, 0.15) is 17.7 Å². The molecule has 11 heteroatoms.